The zero-order valence-corrected chi connectivity index (χ0v) is 13.4. The molecular formula is C14H29NO2S. The highest BCUT2D eigenvalue weighted by Gasteiger charge is 2.15. The van der Waals surface area contributed by atoms with Crippen LogP contribution in [0.3, 0.4) is 0 Å². The van der Waals surface area contributed by atoms with E-state index in [2.05, 4.69) is 31.8 Å². The number of nitrogens with one attached hydrogen (secondary N) is 1. The molecule has 0 bridgehead atoms. The van der Waals surface area contributed by atoms with E-state index in [1.807, 2.05) is 20.8 Å². The van der Waals surface area contributed by atoms with Crippen LogP contribution in [0.25, 0.3) is 0 Å². The third-order valence-corrected chi connectivity index (χ3v) is 3.41. The third-order valence-electron chi connectivity index (χ3n) is 2.56. The van der Waals surface area contributed by atoms with Crippen molar-refractivity contribution >= 4 is 18.5 Å². The van der Waals surface area contributed by atoms with Crippen LogP contribution in [0, 0.1) is 5.41 Å². The second kappa shape index (κ2) is 8.05. The molecule has 108 valence electrons. The summed E-state index contributed by atoms with van der Waals surface area (Å²) in [6, 6.07) is 0. The summed E-state index contributed by atoms with van der Waals surface area (Å²) in [5.74, 6) is 0.964. The first-order valence-corrected chi connectivity index (χ1v) is 7.29. The molecule has 0 aliphatic rings. The number of thiol groups is 1. The van der Waals surface area contributed by atoms with Crippen LogP contribution >= 0.6 is 12.6 Å². The van der Waals surface area contributed by atoms with Gasteiger partial charge >= 0.3 is 0 Å². The molecule has 0 aromatic carbocycles. The molecule has 18 heavy (non-hydrogen) atoms. The summed E-state index contributed by atoms with van der Waals surface area (Å²) in [4.78, 5) is 11.5. The molecule has 0 rings (SSSR count). The fourth-order valence-electron chi connectivity index (χ4n) is 1.35. The van der Waals surface area contributed by atoms with Gasteiger partial charge in [0.25, 0.3) is 0 Å². The van der Waals surface area contributed by atoms with Crippen molar-refractivity contribution in [1.29, 1.82) is 0 Å². The fraction of sp³-hybridized carbons (Fsp3) is 0.929. The SMILES string of the molecule is CC(C)(CS)CCOCCCC(=O)NC(C)(C)C. The summed E-state index contributed by atoms with van der Waals surface area (Å²) in [6.45, 7) is 11.7. The van der Waals surface area contributed by atoms with E-state index in [0.717, 1.165) is 25.2 Å². The summed E-state index contributed by atoms with van der Waals surface area (Å²) >= 11 is 4.30. The Bertz CT molecular complexity index is 247. The third kappa shape index (κ3) is 10.9. The Morgan fingerprint density at radius 3 is 2.28 bits per heavy atom. The standard InChI is InChI=1S/C14H29NO2S/c1-13(2,3)15-12(16)7-6-9-17-10-8-14(4,5)11-18/h18H,6-11H2,1-5H3,(H,15,16). The van der Waals surface area contributed by atoms with E-state index in [9.17, 15) is 4.79 Å². The number of rotatable bonds is 8. The molecule has 0 aliphatic carbocycles. The van der Waals surface area contributed by atoms with E-state index in [0.29, 0.717) is 13.0 Å². The lowest BCUT2D eigenvalue weighted by Gasteiger charge is -2.22. The molecule has 0 heterocycles. The predicted molar refractivity (Wildman–Crippen MR) is 80.2 cm³/mol. The maximum Gasteiger partial charge on any atom is 0.220 e. The number of carbonyl (C=O) groups is 1. The van der Waals surface area contributed by atoms with Gasteiger partial charge in [0.1, 0.15) is 0 Å². The van der Waals surface area contributed by atoms with E-state index in [1.165, 1.54) is 0 Å². The van der Waals surface area contributed by atoms with Crippen molar-refractivity contribution < 1.29 is 9.53 Å². The number of hydrogen-bond acceptors (Lipinski definition) is 3. The van der Waals surface area contributed by atoms with Gasteiger partial charge in [-0.25, -0.2) is 0 Å². The molecule has 0 aromatic rings. The zero-order chi connectivity index (χ0) is 14.2. The fourth-order valence-corrected chi connectivity index (χ4v) is 1.50. The van der Waals surface area contributed by atoms with Crippen LogP contribution in [-0.4, -0.2) is 30.4 Å². The van der Waals surface area contributed by atoms with Gasteiger partial charge in [-0.1, -0.05) is 13.8 Å². The molecule has 1 amide bonds. The maximum absolute atomic E-state index is 11.5. The van der Waals surface area contributed by atoms with Crippen molar-refractivity contribution in [3.63, 3.8) is 0 Å². The van der Waals surface area contributed by atoms with Crippen LogP contribution in [-0.2, 0) is 9.53 Å². The monoisotopic (exact) mass is 275 g/mol. The summed E-state index contributed by atoms with van der Waals surface area (Å²) in [6.07, 6.45) is 2.32. The van der Waals surface area contributed by atoms with Gasteiger partial charge in [-0.15, -0.1) is 0 Å². The molecule has 0 saturated carbocycles. The predicted octanol–water partition coefficient (Wildman–Crippen LogP) is 3.04. The summed E-state index contributed by atoms with van der Waals surface area (Å²) in [5, 5.41) is 2.94. The number of carbonyl (C=O) groups excluding carboxylic acids is 1. The average molecular weight is 275 g/mol. The number of ether oxygens (including phenoxy) is 1. The van der Waals surface area contributed by atoms with Gasteiger partial charge in [0.05, 0.1) is 0 Å². The molecule has 0 aliphatic heterocycles. The van der Waals surface area contributed by atoms with Gasteiger partial charge in [0.2, 0.25) is 5.91 Å². The quantitative estimate of drug-likeness (QED) is 0.528. The van der Waals surface area contributed by atoms with Crippen molar-refractivity contribution in [1.82, 2.24) is 5.32 Å². The van der Waals surface area contributed by atoms with Crippen molar-refractivity contribution in [3.05, 3.63) is 0 Å². The summed E-state index contributed by atoms with van der Waals surface area (Å²) < 4.78 is 5.54. The van der Waals surface area contributed by atoms with E-state index >= 15 is 0 Å². The van der Waals surface area contributed by atoms with Crippen molar-refractivity contribution in [3.8, 4) is 0 Å². The Kier molecular flexibility index (Phi) is 7.95. The zero-order valence-electron chi connectivity index (χ0n) is 12.5. The van der Waals surface area contributed by atoms with E-state index in [4.69, 9.17) is 4.74 Å². The Hall–Kier alpha value is -0.220. The lowest BCUT2D eigenvalue weighted by atomic mass is 9.92. The lowest BCUT2D eigenvalue weighted by molar-refractivity contribution is -0.122. The molecule has 0 aromatic heterocycles. The second-order valence-corrected chi connectivity index (χ2v) is 6.90. The summed E-state index contributed by atoms with van der Waals surface area (Å²) in [5.41, 5.74) is 0.0846. The molecule has 3 nitrogen and oxygen atoms in total. The minimum Gasteiger partial charge on any atom is -0.381 e. The van der Waals surface area contributed by atoms with Gasteiger partial charge in [0.15, 0.2) is 0 Å². The van der Waals surface area contributed by atoms with E-state index in [1.54, 1.807) is 0 Å². The molecule has 0 radical (unpaired) electrons. The van der Waals surface area contributed by atoms with Gasteiger partial charge in [-0.2, -0.15) is 12.6 Å². The minimum atomic E-state index is -0.144. The van der Waals surface area contributed by atoms with Crippen LogP contribution in [0.1, 0.15) is 53.9 Å². The molecule has 0 saturated heterocycles. The molecule has 0 spiro atoms. The Balaban J connectivity index is 3.49. The first kappa shape index (κ1) is 17.8. The molecule has 4 heteroatoms. The van der Waals surface area contributed by atoms with E-state index in [-0.39, 0.29) is 16.9 Å². The van der Waals surface area contributed by atoms with Crippen molar-refractivity contribution in [2.24, 2.45) is 5.41 Å². The Morgan fingerprint density at radius 2 is 1.78 bits per heavy atom. The van der Waals surface area contributed by atoms with E-state index < -0.39 is 0 Å². The lowest BCUT2D eigenvalue weighted by Crippen LogP contribution is -2.40. The van der Waals surface area contributed by atoms with Gasteiger partial charge in [0, 0.05) is 25.2 Å². The highest BCUT2D eigenvalue weighted by molar-refractivity contribution is 7.80. The van der Waals surface area contributed by atoms with Crippen LogP contribution < -0.4 is 5.32 Å². The smallest absolute Gasteiger partial charge is 0.220 e. The minimum absolute atomic E-state index is 0.0989. The van der Waals surface area contributed by atoms with Crippen LogP contribution in [0.15, 0.2) is 0 Å². The highest BCUT2D eigenvalue weighted by Crippen LogP contribution is 2.21. The first-order valence-electron chi connectivity index (χ1n) is 6.66. The highest BCUT2D eigenvalue weighted by atomic mass is 32.1. The van der Waals surface area contributed by atoms with Crippen molar-refractivity contribution in [2.75, 3.05) is 19.0 Å². The number of hydrogen-bond donors (Lipinski definition) is 2. The number of amides is 1. The van der Waals surface area contributed by atoms with Gasteiger partial charge < -0.3 is 10.1 Å². The maximum atomic E-state index is 11.5. The molecular weight excluding hydrogens is 246 g/mol. The second-order valence-electron chi connectivity index (χ2n) is 6.59. The van der Waals surface area contributed by atoms with Crippen LogP contribution in [0.4, 0.5) is 0 Å². The largest absolute Gasteiger partial charge is 0.381 e. The summed E-state index contributed by atoms with van der Waals surface area (Å²) in [7, 11) is 0. The molecule has 1 N–H and O–H groups in total. The van der Waals surface area contributed by atoms with Gasteiger partial charge in [-0.3, -0.25) is 4.79 Å². The molecule has 0 atom stereocenters. The Labute approximate surface area is 117 Å². The topological polar surface area (TPSA) is 38.3 Å². The Morgan fingerprint density at radius 1 is 1.17 bits per heavy atom. The molecule has 0 unspecified atom stereocenters. The van der Waals surface area contributed by atoms with Gasteiger partial charge in [-0.05, 0) is 44.8 Å². The van der Waals surface area contributed by atoms with Crippen LogP contribution in [0.2, 0.25) is 0 Å². The van der Waals surface area contributed by atoms with Crippen molar-refractivity contribution in [2.45, 2.75) is 59.4 Å². The normalized spacial score (nSPS) is 12.6. The average Bonchev–Trinajstić information content (AvgIpc) is 2.20. The first-order chi connectivity index (χ1) is 8.16. The van der Waals surface area contributed by atoms with Crippen LogP contribution in [0.5, 0.6) is 0 Å². The molecule has 0 fully saturated rings.